The molecule has 1 atom stereocenters. The minimum Gasteiger partial charge on any atom is -0.385 e. The molecule has 0 bridgehead atoms. The van der Waals surface area contributed by atoms with Gasteiger partial charge < -0.3 is 5.11 Å². The highest BCUT2D eigenvalue weighted by Gasteiger charge is 2.22. The molecule has 0 radical (unpaired) electrons. The Labute approximate surface area is 106 Å². The van der Waals surface area contributed by atoms with Gasteiger partial charge in [0.1, 0.15) is 0 Å². The molecule has 0 saturated carbocycles. The number of hydrogen-bond acceptors (Lipinski definition) is 1. The van der Waals surface area contributed by atoms with Gasteiger partial charge in [0, 0.05) is 0 Å². The number of rotatable bonds is 6. The third-order valence-electron chi connectivity index (χ3n) is 3.36. The first kappa shape index (κ1) is 14.2. The van der Waals surface area contributed by atoms with Crippen LogP contribution in [0.15, 0.2) is 18.2 Å². The zero-order valence-electron chi connectivity index (χ0n) is 11.7. The first-order valence-electron chi connectivity index (χ1n) is 6.77. The molecule has 1 rings (SSSR count). The van der Waals surface area contributed by atoms with E-state index in [1.165, 1.54) is 30.4 Å². The van der Waals surface area contributed by atoms with Gasteiger partial charge in [0.25, 0.3) is 0 Å². The molecule has 1 heteroatoms. The average molecular weight is 234 g/mol. The standard InChI is InChI=1S/C16H26O/c1-5-6-7-8-9-16(4,17)15-11-13(2)10-14(3)12-15/h10-12,17H,5-9H2,1-4H3. The molecule has 0 heterocycles. The normalized spacial score (nSPS) is 14.6. The van der Waals surface area contributed by atoms with Crippen molar-refractivity contribution in [2.75, 3.05) is 0 Å². The third kappa shape index (κ3) is 4.51. The van der Waals surface area contributed by atoms with Crippen molar-refractivity contribution < 1.29 is 5.11 Å². The molecule has 0 saturated heterocycles. The lowest BCUT2D eigenvalue weighted by Gasteiger charge is -2.25. The second-order valence-corrected chi connectivity index (χ2v) is 5.46. The molecule has 1 aromatic rings. The lowest BCUT2D eigenvalue weighted by atomic mass is 9.88. The van der Waals surface area contributed by atoms with E-state index in [1.54, 1.807) is 0 Å². The second-order valence-electron chi connectivity index (χ2n) is 5.46. The Morgan fingerprint density at radius 3 is 2.12 bits per heavy atom. The van der Waals surface area contributed by atoms with E-state index in [-0.39, 0.29) is 0 Å². The Bertz CT molecular complexity index is 332. The minimum absolute atomic E-state index is 0.676. The van der Waals surface area contributed by atoms with Gasteiger partial charge in [-0.1, -0.05) is 61.9 Å². The lowest BCUT2D eigenvalue weighted by molar-refractivity contribution is 0.0447. The maximum Gasteiger partial charge on any atom is 0.0868 e. The van der Waals surface area contributed by atoms with E-state index >= 15 is 0 Å². The Kier molecular flexibility index (Phi) is 5.20. The van der Waals surface area contributed by atoms with Crippen molar-refractivity contribution in [1.82, 2.24) is 0 Å². The molecule has 1 unspecified atom stereocenters. The van der Waals surface area contributed by atoms with Gasteiger partial charge in [0.15, 0.2) is 0 Å². The first-order valence-corrected chi connectivity index (χ1v) is 6.77. The molecule has 1 nitrogen and oxygen atoms in total. The molecule has 0 aliphatic heterocycles. The van der Waals surface area contributed by atoms with E-state index in [1.807, 2.05) is 6.92 Å². The molecule has 0 amide bonds. The van der Waals surface area contributed by atoms with Crippen molar-refractivity contribution in [3.05, 3.63) is 34.9 Å². The van der Waals surface area contributed by atoms with Gasteiger partial charge in [0.05, 0.1) is 5.60 Å². The van der Waals surface area contributed by atoms with E-state index in [4.69, 9.17) is 0 Å². The van der Waals surface area contributed by atoms with Crippen LogP contribution in [0.5, 0.6) is 0 Å². The molecule has 0 fully saturated rings. The summed E-state index contributed by atoms with van der Waals surface area (Å²) in [5, 5.41) is 10.5. The van der Waals surface area contributed by atoms with Crippen LogP contribution in [0.2, 0.25) is 0 Å². The fourth-order valence-corrected chi connectivity index (χ4v) is 2.33. The topological polar surface area (TPSA) is 20.2 Å². The highest BCUT2D eigenvalue weighted by Crippen LogP contribution is 2.28. The van der Waals surface area contributed by atoms with Crippen molar-refractivity contribution in [3.8, 4) is 0 Å². The van der Waals surface area contributed by atoms with Crippen LogP contribution < -0.4 is 0 Å². The van der Waals surface area contributed by atoms with Gasteiger partial charge >= 0.3 is 0 Å². The number of benzene rings is 1. The molecular weight excluding hydrogens is 208 g/mol. The van der Waals surface area contributed by atoms with Crippen molar-refractivity contribution >= 4 is 0 Å². The zero-order chi connectivity index (χ0) is 12.9. The predicted octanol–water partition coefficient (Wildman–Crippen LogP) is 4.48. The molecule has 1 aromatic carbocycles. The zero-order valence-corrected chi connectivity index (χ0v) is 11.7. The Morgan fingerprint density at radius 2 is 1.59 bits per heavy atom. The highest BCUT2D eigenvalue weighted by atomic mass is 16.3. The van der Waals surface area contributed by atoms with Crippen LogP contribution in [0.3, 0.4) is 0 Å². The van der Waals surface area contributed by atoms with Gasteiger partial charge in [-0.25, -0.2) is 0 Å². The summed E-state index contributed by atoms with van der Waals surface area (Å²) in [4.78, 5) is 0. The SMILES string of the molecule is CCCCCCC(C)(O)c1cc(C)cc(C)c1. The maximum absolute atomic E-state index is 10.5. The number of aryl methyl sites for hydroxylation is 2. The molecule has 17 heavy (non-hydrogen) atoms. The minimum atomic E-state index is -0.676. The average Bonchev–Trinajstić information content (AvgIpc) is 2.23. The molecule has 0 spiro atoms. The molecule has 1 N–H and O–H groups in total. The first-order chi connectivity index (χ1) is 7.95. The van der Waals surface area contributed by atoms with Crippen molar-refractivity contribution in [2.45, 2.75) is 65.4 Å². The van der Waals surface area contributed by atoms with Crippen molar-refractivity contribution in [3.63, 3.8) is 0 Å². The van der Waals surface area contributed by atoms with E-state index in [0.29, 0.717) is 0 Å². The summed E-state index contributed by atoms with van der Waals surface area (Å²) in [7, 11) is 0. The molecular formula is C16H26O. The Hall–Kier alpha value is -0.820. The number of aliphatic hydroxyl groups is 1. The van der Waals surface area contributed by atoms with E-state index < -0.39 is 5.60 Å². The van der Waals surface area contributed by atoms with Crippen LogP contribution in [0.25, 0.3) is 0 Å². The van der Waals surface area contributed by atoms with Gasteiger partial charge in [-0.05, 0) is 32.8 Å². The fourth-order valence-electron chi connectivity index (χ4n) is 2.33. The van der Waals surface area contributed by atoms with Crippen LogP contribution in [0.1, 0.15) is 62.6 Å². The smallest absolute Gasteiger partial charge is 0.0868 e. The third-order valence-corrected chi connectivity index (χ3v) is 3.36. The fraction of sp³-hybridized carbons (Fsp3) is 0.625. The summed E-state index contributed by atoms with van der Waals surface area (Å²) in [5.41, 5.74) is 2.85. The van der Waals surface area contributed by atoms with E-state index in [2.05, 4.69) is 39.0 Å². The lowest BCUT2D eigenvalue weighted by Crippen LogP contribution is -2.21. The summed E-state index contributed by atoms with van der Waals surface area (Å²) in [6.45, 7) is 8.32. The van der Waals surface area contributed by atoms with Crippen LogP contribution in [-0.2, 0) is 5.60 Å². The maximum atomic E-state index is 10.5. The van der Waals surface area contributed by atoms with Crippen molar-refractivity contribution in [1.29, 1.82) is 0 Å². The molecule has 0 aliphatic carbocycles. The summed E-state index contributed by atoms with van der Waals surface area (Å²) in [6.07, 6.45) is 5.69. The largest absolute Gasteiger partial charge is 0.385 e. The Balaban J connectivity index is 2.67. The summed E-state index contributed by atoms with van der Waals surface area (Å²) in [6, 6.07) is 6.36. The monoisotopic (exact) mass is 234 g/mol. The number of hydrogen-bond donors (Lipinski definition) is 1. The van der Waals surface area contributed by atoms with Gasteiger partial charge in [0.2, 0.25) is 0 Å². The Morgan fingerprint density at radius 1 is 1.00 bits per heavy atom. The number of unbranched alkanes of at least 4 members (excludes halogenated alkanes) is 3. The van der Waals surface area contributed by atoms with E-state index in [0.717, 1.165) is 18.4 Å². The summed E-state index contributed by atoms with van der Waals surface area (Å²) < 4.78 is 0. The van der Waals surface area contributed by atoms with Crippen LogP contribution in [0, 0.1) is 13.8 Å². The van der Waals surface area contributed by atoms with Crippen LogP contribution >= 0.6 is 0 Å². The molecule has 0 aliphatic rings. The van der Waals surface area contributed by atoms with Crippen molar-refractivity contribution in [2.24, 2.45) is 0 Å². The quantitative estimate of drug-likeness (QED) is 0.719. The van der Waals surface area contributed by atoms with Crippen LogP contribution in [-0.4, -0.2) is 5.11 Å². The van der Waals surface area contributed by atoms with E-state index in [9.17, 15) is 5.11 Å². The highest BCUT2D eigenvalue weighted by molar-refractivity contribution is 5.32. The second kappa shape index (κ2) is 6.20. The van der Waals surface area contributed by atoms with Gasteiger partial charge in [-0.2, -0.15) is 0 Å². The molecule has 96 valence electrons. The molecule has 0 aromatic heterocycles. The predicted molar refractivity (Wildman–Crippen MR) is 74.2 cm³/mol. The summed E-state index contributed by atoms with van der Waals surface area (Å²) >= 11 is 0. The summed E-state index contributed by atoms with van der Waals surface area (Å²) in [5.74, 6) is 0. The van der Waals surface area contributed by atoms with Gasteiger partial charge in [-0.3, -0.25) is 0 Å². The van der Waals surface area contributed by atoms with Crippen LogP contribution in [0.4, 0.5) is 0 Å². The van der Waals surface area contributed by atoms with Gasteiger partial charge in [-0.15, -0.1) is 0 Å².